The first-order chi connectivity index (χ1) is 16.4. The molecule has 4 aromatic rings. The van der Waals surface area contributed by atoms with E-state index in [0.717, 1.165) is 29.1 Å². The van der Waals surface area contributed by atoms with Crippen molar-refractivity contribution in [3.8, 4) is 10.4 Å². The summed E-state index contributed by atoms with van der Waals surface area (Å²) in [6.07, 6.45) is 3.38. The van der Waals surface area contributed by atoms with Crippen molar-refractivity contribution in [1.82, 2.24) is 4.98 Å². The zero-order valence-corrected chi connectivity index (χ0v) is 21.1. The van der Waals surface area contributed by atoms with Gasteiger partial charge in [0.2, 0.25) is 11.6 Å². The van der Waals surface area contributed by atoms with Crippen LogP contribution in [0.15, 0.2) is 60.7 Å². The van der Waals surface area contributed by atoms with E-state index in [-0.39, 0.29) is 0 Å². The molecule has 0 radical (unpaired) electrons. The molecule has 0 spiro atoms. The monoisotopic (exact) mass is 483 g/mol. The lowest BCUT2D eigenvalue weighted by Crippen LogP contribution is -2.14. The van der Waals surface area contributed by atoms with Gasteiger partial charge in [-0.1, -0.05) is 54.6 Å². The number of aryl methyl sites for hydroxylation is 3. The van der Waals surface area contributed by atoms with Gasteiger partial charge in [-0.2, -0.15) is 0 Å². The fourth-order valence-electron chi connectivity index (χ4n) is 4.66. The van der Waals surface area contributed by atoms with Crippen molar-refractivity contribution in [2.24, 2.45) is 0 Å². The molecule has 1 aliphatic rings. The van der Waals surface area contributed by atoms with Gasteiger partial charge in [-0.05, 0) is 68.4 Å². The van der Waals surface area contributed by atoms with Crippen molar-refractivity contribution in [2.45, 2.75) is 40.0 Å². The molecular formula is C29H25NO2S2. The Morgan fingerprint density at radius 1 is 0.794 bits per heavy atom. The van der Waals surface area contributed by atoms with Gasteiger partial charge in [0.15, 0.2) is 0 Å². The number of hydrogen-bond donors (Lipinski definition) is 0. The van der Waals surface area contributed by atoms with Crippen LogP contribution in [0.5, 0.6) is 0 Å². The van der Waals surface area contributed by atoms with E-state index in [4.69, 9.17) is 0 Å². The predicted octanol–water partition coefficient (Wildman–Crippen LogP) is 7.96. The van der Waals surface area contributed by atoms with E-state index in [9.17, 15) is 9.59 Å². The van der Waals surface area contributed by atoms with Crippen molar-refractivity contribution < 1.29 is 9.59 Å². The summed E-state index contributed by atoms with van der Waals surface area (Å²) < 4.78 is 0. The van der Waals surface area contributed by atoms with E-state index in [0.29, 0.717) is 11.1 Å². The van der Waals surface area contributed by atoms with Gasteiger partial charge in [0.25, 0.3) is 0 Å². The smallest absolute Gasteiger partial charge is 0.233 e. The highest BCUT2D eigenvalue weighted by atomic mass is 32.1. The van der Waals surface area contributed by atoms with Crippen LogP contribution in [-0.2, 0) is 0 Å². The molecule has 3 nitrogen and oxygen atoms in total. The molecule has 0 N–H and O–H groups in total. The second kappa shape index (κ2) is 9.24. The maximum atomic E-state index is 12.7. The van der Waals surface area contributed by atoms with E-state index < -0.39 is 11.6 Å². The van der Waals surface area contributed by atoms with Gasteiger partial charge < -0.3 is 0 Å². The Morgan fingerprint density at radius 2 is 1.44 bits per heavy atom. The van der Waals surface area contributed by atoms with Gasteiger partial charge in [-0.15, -0.1) is 22.7 Å². The van der Waals surface area contributed by atoms with Gasteiger partial charge in [-0.3, -0.25) is 9.59 Å². The standard InChI is InChI=1S/C29H25NO2S2/c1-17-29(34-19(3)30-17)24-11-7-10-23(24)25-16-26(33-18(25)2)20-12-14-22(15-13-20)28(32)27(31)21-8-5-4-6-9-21/h4-6,8-9,12-16H,7,10-11H2,1-3H3. The lowest BCUT2D eigenvalue weighted by Gasteiger charge is -2.06. The van der Waals surface area contributed by atoms with E-state index >= 15 is 0 Å². The minimum atomic E-state index is -0.475. The van der Waals surface area contributed by atoms with Gasteiger partial charge >= 0.3 is 0 Å². The molecule has 0 unspecified atom stereocenters. The minimum Gasteiger partial charge on any atom is -0.285 e. The number of thiophene rings is 1. The third-order valence-corrected chi connectivity index (χ3v) is 8.54. The first-order valence-electron chi connectivity index (χ1n) is 11.4. The summed E-state index contributed by atoms with van der Waals surface area (Å²) in [6, 6.07) is 18.4. The molecule has 5 rings (SSSR count). The SMILES string of the molecule is Cc1nc(C)c(C2=C(c3cc(-c4ccc(C(=O)C(=O)c5ccccc5)cc4)sc3C)CCC2)s1. The molecule has 1 aliphatic carbocycles. The molecule has 34 heavy (non-hydrogen) atoms. The minimum absolute atomic E-state index is 0.419. The second-order valence-electron chi connectivity index (χ2n) is 8.64. The van der Waals surface area contributed by atoms with Crippen LogP contribution in [-0.4, -0.2) is 16.6 Å². The average Bonchev–Trinajstić information content (AvgIpc) is 3.56. The largest absolute Gasteiger partial charge is 0.285 e. The summed E-state index contributed by atoms with van der Waals surface area (Å²) in [7, 11) is 0. The van der Waals surface area contributed by atoms with Crippen LogP contribution in [0.25, 0.3) is 21.6 Å². The Kier molecular flexibility index (Phi) is 6.15. The molecule has 2 aromatic heterocycles. The highest BCUT2D eigenvalue weighted by molar-refractivity contribution is 7.15. The fourth-order valence-corrected chi connectivity index (χ4v) is 6.74. The number of carbonyl (C=O) groups excluding carboxylic acids is 2. The van der Waals surface area contributed by atoms with E-state index in [1.165, 1.54) is 37.8 Å². The molecule has 0 amide bonds. The zero-order valence-electron chi connectivity index (χ0n) is 19.5. The molecule has 170 valence electrons. The molecule has 5 heteroatoms. The summed E-state index contributed by atoms with van der Waals surface area (Å²) >= 11 is 3.58. The quantitative estimate of drug-likeness (QED) is 0.206. The summed E-state index contributed by atoms with van der Waals surface area (Å²) in [5.41, 5.74) is 7.27. The van der Waals surface area contributed by atoms with Crippen LogP contribution in [0.1, 0.15) is 66.0 Å². The van der Waals surface area contributed by atoms with Crippen LogP contribution in [0.3, 0.4) is 0 Å². The van der Waals surface area contributed by atoms with E-state index in [1.807, 2.05) is 18.2 Å². The lowest BCUT2D eigenvalue weighted by molar-refractivity contribution is 0.0817. The second-order valence-corrected chi connectivity index (χ2v) is 11.1. The summed E-state index contributed by atoms with van der Waals surface area (Å²) in [5, 5.41) is 1.12. The highest BCUT2D eigenvalue weighted by Crippen LogP contribution is 2.46. The number of benzene rings is 2. The van der Waals surface area contributed by atoms with Crippen molar-refractivity contribution in [1.29, 1.82) is 0 Å². The number of thiazole rings is 1. The van der Waals surface area contributed by atoms with Crippen molar-refractivity contribution in [2.75, 3.05) is 0 Å². The van der Waals surface area contributed by atoms with E-state index in [2.05, 4.69) is 31.8 Å². The molecule has 2 heterocycles. The number of hydrogen-bond acceptors (Lipinski definition) is 5. The normalized spacial score (nSPS) is 13.5. The van der Waals surface area contributed by atoms with Crippen LogP contribution >= 0.6 is 22.7 Å². The van der Waals surface area contributed by atoms with Crippen LogP contribution in [0, 0.1) is 20.8 Å². The number of rotatable bonds is 6. The first kappa shape index (κ1) is 22.6. The first-order valence-corrected chi connectivity index (χ1v) is 13.1. The Morgan fingerprint density at radius 3 is 2.09 bits per heavy atom. The van der Waals surface area contributed by atoms with Crippen LogP contribution in [0.2, 0.25) is 0 Å². The maximum absolute atomic E-state index is 12.7. The maximum Gasteiger partial charge on any atom is 0.233 e. The molecule has 0 saturated heterocycles. The topological polar surface area (TPSA) is 47.0 Å². The molecule has 0 aliphatic heterocycles. The predicted molar refractivity (Wildman–Crippen MR) is 142 cm³/mol. The number of aromatic nitrogens is 1. The Hall–Kier alpha value is -3.15. The molecule has 0 bridgehead atoms. The lowest BCUT2D eigenvalue weighted by atomic mass is 9.99. The third kappa shape index (κ3) is 4.22. The number of ketones is 2. The number of allylic oxidation sites excluding steroid dienone is 2. The molecular weight excluding hydrogens is 458 g/mol. The Labute approximate surface area is 207 Å². The Bertz CT molecular complexity index is 1420. The summed E-state index contributed by atoms with van der Waals surface area (Å²) in [6.45, 7) is 6.37. The molecule has 0 fully saturated rings. The van der Waals surface area contributed by atoms with Crippen molar-refractivity contribution in [3.05, 3.63) is 97.8 Å². The highest BCUT2D eigenvalue weighted by Gasteiger charge is 2.24. The third-order valence-electron chi connectivity index (χ3n) is 6.31. The van der Waals surface area contributed by atoms with E-state index in [1.54, 1.807) is 59.1 Å². The summed E-state index contributed by atoms with van der Waals surface area (Å²) in [5.74, 6) is -0.950. The van der Waals surface area contributed by atoms with Gasteiger partial charge in [0, 0.05) is 20.9 Å². The van der Waals surface area contributed by atoms with Crippen molar-refractivity contribution in [3.63, 3.8) is 0 Å². The Balaban J connectivity index is 1.43. The number of nitrogens with zero attached hydrogens (tertiary/aromatic N) is 1. The number of carbonyl (C=O) groups is 2. The van der Waals surface area contributed by atoms with Gasteiger partial charge in [0.1, 0.15) is 0 Å². The summed E-state index contributed by atoms with van der Waals surface area (Å²) in [4.78, 5) is 33.7. The van der Waals surface area contributed by atoms with Crippen LogP contribution < -0.4 is 0 Å². The molecule has 2 aromatic carbocycles. The van der Waals surface area contributed by atoms with Crippen molar-refractivity contribution >= 4 is 45.4 Å². The molecule has 0 atom stereocenters. The number of Topliss-reactive ketones (excluding diaryl/α,β-unsaturated/α-hetero) is 2. The van der Waals surface area contributed by atoms with Gasteiger partial charge in [0.05, 0.1) is 15.6 Å². The average molecular weight is 484 g/mol. The fraction of sp³-hybridized carbons (Fsp3) is 0.207. The van der Waals surface area contributed by atoms with Gasteiger partial charge in [-0.25, -0.2) is 4.98 Å². The van der Waals surface area contributed by atoms with Crippen LogP contribution in [0.4, 0.5) is 0 Å². The molecule has 0 saturated carbocycles. The zero-order chi connectivity index (χ0) is 23.8.